The normalized spacial score (nSPS) is 15.2. The molecular weight excluding hydrogens is 396 g/mol. The van der Waals surface area contributed by atoms with Gasteiger partial charge < -0.3 is 10.1 Å². The number of carbonyl (C=O) groups excluding carboxylic acids is 1. The Bertz CT molecular complexity index is 845. The maximum atomic E-state index is 12.7. The van der Waals surface area contributed by atoms with Crippen LogP contribution in [0.25, 0.3) is 0 Å². The summed E-state index contributed by atoms with van der Waals surface area (Å²) in [4.78, 5) is 24.1. The van der Waals surface area contributed by atoms with Crippen molar-refractivity contribution in [1.82, 2.24) is 20.2 Å². The Morgan fingerprint density at radius 2 is 1.87 bits per heavy atom. The Labute approximate surface area is 183 Å². The first kappa shape index (κ1) is 22.6. The molecule has 2 heterocycles. The molecule has 6 nitrogen and oxygen atoms in total. The topological polar surface area (TPSA) is 67.3 Å². The van der Waals surface area contributed by atoms with Crippen molar-refractivity contribution in [3.8, 4) is 5.75 Å². The van der Waals surface area contributed by atoms with Gasteiger partial charge in [-0.15, -0.1) is 0 Å². The summed E-state index contributed by atoms with van der Waals surface area (Å²) in [5, 5.41) is 3.94. The number of ether oxygens (including phenoxy) is 1. The molecule has 1 fully saturated rings. The Balaban J connectivity index is 1.64. The third kappa shape index (κ3) is 5.52. The van der Waals surface area contributed by atoms with Gasteiger partial charge in [0.1, 0.15) is 5.75 Å². The van der Waals surface area contributed by atoms with E-state index >= 15 is 0 Å². The minimum atomic E-state index is 0.0573. The van der Waals surface area contributed by atoms with Crippen molar-refractivity contribution >= 4 is 17.7 Å². The van der Waals surface area contributed by atoms with Crippen LogP contribution in [0.3, 0.4) is 0 Å². The van der Waals surface area contributed by atoms with E-state index in [1.54, 1.807) is 7.11 Å². The highest BCUT2D eigenvalue weighted by Gasteiger charge is 2.26. The molecule has 1 aromatic carbocycles. The Morgan fingerprint density at radius 1 is 1.20 bits per heavy atom. The molecule has 3 rings (SSSR count). The van der Waals surface area contributed by atoms with Crippen LogP contribution in [-0.4, -0.2) is 53.8 Å². The standard InChI is InChI=1S/C23H32N4O2S/c1-16-18(17(2)26-23(25-16)30-4)11-12-22(28)24-15-20(27-13-7-8-14-27)19-9-5-6-10-21(19)29-3/h5-6,9-10,20H,7-8,11-15H2,1-4H3,(H,24,28). The molecule has 2 aromatic rings. The van der Waals surface area contributed by atoms with E-state index in [0.717, 1.165) is 46.5 Å². The van der Waals surface area contributed by atoms with E-state index in [4.69, 9.17) is 4.74 Å². The predicted molar refractivity (Wildman–Crippen MR) is 121 cm³/mol. The molecule has 1 atom stereocenters. The van der Waals surface area contributed by atoms with Crippen LogP contribution in [0, 0.1) is 13.8 Å². The molecule has 1 aromatic heterocycles. The van der Waals surface area contributed by atoms with Crippen molar-refractivity contribution in [2.75, 3.05) is 33.0 Å². The van der Waals surface area contributed by atoms with Crippen LogP contribution in [-0.2, 0) is 11.2 Å². The smallest absolute Gasteiger partial charge is 0.220 e. The largest absolute Gasteiger partial charge is 0.496 e. The van der Waals surface area contributed by atoms with E-state index < -0.39 is 0 Å². The minimum Gasteiger partial charge on any atom is -0.496 e. The molecule has 1 unspecified atom stereocenters. The lowest BCUT2D eigenvalue weighted by atomic mass is 10.0. The molecule has 0 saturated carbocycles. The van der Waals surface area contributed by atoms with Crippen LogP contribution in [0.4, 0.5) is 0 Å². The lowest BCUT2D eigenvalue weighted by Crippen LogP contribution is -2.37. The number of nitrogens with zero attached hydrogens (tertiary/aromatic N) is 3. The number of methoxy groups -OCH3 is 1. The van der Waals surface area contributed by atoms with Crippen molar-refractivity contribution in [2.45, 2.75) is 50.7 Å². The number of nitrogens with one attached hydrogen (secondary N) is 1. The van der Waals surface area contributed by atoms with Crippen molar-refractivity contribution in [2.24, 2.45) is 0 Å². The summed E-state index contributed by atoms with van der Waals surface area (Å²) in [6, 6.07) is 8.24. The van der Waals surface area contributed by atoms with Crippen LogP contribution >= 0.6 is 11.8 Å². The fourth-order valence-corrected chi connectivity index (χ4v) is 4.59. The highest BCUT2D eigenvalue weighted by Crippen LogP contribution is 2.31. The highest BCUT2D eigenvalue weighted by molar-refractivity contribution is 7.98. The first-order valence-corrected chi connectivity index (χ1v) is 11.8. The number of carbonyl (C=O) groups is 1. The van der Waals surface area contributed by atoms with Gasteiger partial charge in [0.25, 0.3) is 0 Å². The quantitative estimate of drug-likeness (QED) is 0.485. The summed E-state index contributed by atoms with van der Waals surface area (Å²) in [7, 11) is 1.70. The lowest BCUT2D eigenvalue weighted by molar-refractivity contribution is -0.121. The van der Waals surface area contributed by atoms with E-state index in [2.05, 4.69) is 26.3 Å². The molecule has 1 aliphatic rings. The van der Waals surface area contributed by atoms with Gasteiger partial charge in [0.05, 0.1) is 13.2 Å². The van der Waals surface area contributed by atoms with E-state index in [1.165, 1.54) is 24.6 Å². The molecule has 0 spiro atoms. The highest BCUT2D eigenvalue weighted by atomic mass is 32.2. The number of aromatic nitrogens is 2. The zero-order valence-corrected chi connectivity index (χ0v) is 19.2. The average Bonchev–Trinajstić information content (AvgIpc) is 3.28. The van der Waals surface area contributed by atoms with E-state index in [-0.39, 0.29) is 11.9 Å². The van der Waals surface area contributed by atoms with Gasteiger partial charge in [-0.2, -0.15) is 0 Å². The Morgan fingerprint density at radius 3 is 2.50 bits per heavy atom. The van der Waals surface area contributed by atoms with Gasteiger partial charge in [0.2, 0.25) is 5.91 Å². The summed E-state index contributed by atoms with van der Waals surface area (Å²) < 4.78 is 5.59. The number of thioether (sulfide) groups is 1. The summed E-state index contributed by atoms with van der Waals surface area (Å²) in [6.45, 7) is 6.67. The summed E-state index contributed by atoms with van der Waals surface area (Å²) in [5.41, 5.74) is 4.13. The summed E-state index contributed by atoms with van der Waals surface area (Å²) >= 11 is 1.54. The number of hydrogen-bond donors (Lipinski definition) is 1. The number of likely N-dealkylation sites (tertiary alicyclic amines) is 1. The van der Waals surface area contributed by atoms with Gasteiger partial charge in [0.15, 0.2) is 5.16 Å². The van der Waals surface area contributed by atoms with Crippen LogP contribution in [0.5, 0.6) is 5.75 Å². The summed E-state index contributed by atoms with van der Waals surface area (Å²) in [5.74, 6) is 0.933. The van der Waals surface area contributed by atoms with Gasteiger partial charge >= 0.3 is 0 Å². The van der Waals surface area contributed by atoms with E-state index in [1.807, 2.05) is 38.3 Å². The van der Waals surface area contributed by atoms with Gasteiger partial charge in [-0.1, -0.05) is 30.0 Å². The molecule has 162 valence electrons. The Kier molecular flexibility index (Phi) is 8.10. The third-order valence-electron chi connectivity index (χ3n) is 5.76. The van der Waals surface area contributed by atoms with Gasteiger partial charge in [-0.05, 0) is 64.1 Å². The number of benzene rings is 1. The zero-order chi connectivity index (χ0) is 21.5. The molecule has 0 aliphatic carbocycles. The first-order valence-electron chi connectivity index (χ1n) is 10.5. The molecule has 0 bridgehead atoms. The number of aryl methyl sites for hydroxylation is 2. The van der Waals surface area contributed by atoms with Crippen molar-refractivity contribution in [3.05, 3.63) is 46.8 Å². The van der Waals surface area contributed by atoms with Gasteiger partial charge in [-0.25, -0.2) is 9.97 Å². The second-order valence-corrected chi connectivity index (χ2v) is 8.44. The maximum Gasteiger partial charge on any atom is 0.220 e. The number of rotatable bonds is 9. The minimum absolute atomic E-state index is 0.0573. The monoisotopic (exact) mass is 428 g/mol. The molecule has 1 saturated heterocycles. The molecule has 0 radical (unpaired) electrons. The third-order valence-corrected chi connectivity index (χ3v) is 6.30. The predicted octanol–water partition coefficient (Wildman–Crippen LogP) is 3.71. The van der Waals surface area contributed by atoms with Crippen molar-refractivity contribution in [3.63, 3.8) is 0 Å². The molecule has 1 amide bonds. The number of para-hydroxylation sites is 1. The average molecular weight is 429 g/mol. The zero-order valence-electron chi connectivity index (χ0n) is 18.4. The van der Waals surface area contributed by atoms with Crippen molar-refractivity contribution in [1.29, 1.82) is 0 Å². The summed E-state index contributed by atoms with van der Waals surface area (Å²) in [6.07, 6.45) is 5.46. The van der Waals surface area contributed by atoms with Gasteiger partial charge in [0, 0.05) is 29.9 Å². The molecule has 1 aliphatic heterocycles. The maximum absolute atomic E-state index is 12.7. The SMILES string of the molecule is COc1ccccc1C(CNC(=O)CCc1c(C)nc(SC)nc1C)N1CCCC1. The first-order chi connectivity index (χ1) is 14.5. The molecule has 30 heavy (non-hydrogen) atoms. The molecule has 1 N–H and O–H groups in total. The second-order valence-electron chi connectivity index (χ2n) is 7.66. The molecular formula is C23H32N4O2S. The van der Waals surface area contributed by atoms with E-state index in [0.29, 0.717) is 19.4 Å². The lowest BCUT2D eigenvalue weighted by Gasteiger charge is -2.29. The Hall–Kier alpha value is -2.12. The van der Waals surface area contributed by atoms with Crippen molar-refractivity contribution < 1.29 is 9.53 Å². The van der Waals surface area contributed by atoms with Crippen LogP contribution in [0.2, 0.25) is 0 Å². The number of hydrogen-bond acceptors (Lipinski definition) is 6. The second kappa shape index (κ2) is 10.8. The van der Waals surface area contributed by atoms with Crippen LogP contribution in [0.1, 0.15) is 47.8 Å². The molecule has 7 heteroatoms. The van der Waals surface area contributed by atoms with E-state index in [9.17, 15) is 4.79 Å². The number of amides is 1. The fourth-order valence-electron chi connectivity index (χ4n) is 4.13. The van der Waals surface area contributed by atoms with Gasteiger partial charge in [-0.3, -0.25) is 9.69 Å². The van der Waals surface area contributed by atoms with Crippen LogP contribution in [0.15, 0.2) is 29.4 Å². The fraction of sp³-hybridized carbons (Fsp3) is 0.522. The van der Waals surface area contributed by atoms with Crippen LogP contribution < -0.4 is 10.1 Å².